The molecule has 1 aromatic carbocycles. The van der Waals surface area contributed by atoms with E-state index in [0.717, 1.165) is 25.0 Å². The SMILES string of the molecule is CN(C[C@@H]1CCCO1)C(=O)[C@@H](Cc1ccccc1)NC(=O)c1ccco1. The second kappa shape index (κ2) is 8.67. The fourth-order valence-electron chi connectivity index (χ4n) is 3.14. The number of amides is 2. The maximum atomic E-state index is 13.0. The molecule has 1 aromatic heterocycles. The minimum atomic E-state index is -0.665. The molecule has 2 aromatic rings. The molecule has 2 atom stereocenters. The molecular weight excluding hydrogens is 332 g/mol. The summed E-state index contributed by atoms with van der Waals surface area (Å²) in [6.45, 7) is 1.27. The van der Waals surface area contributed by atoms with E-state index in [9.17, 15) is 9.59 Å². The van der Waals surface area contributed by atoms with E-state index in [4.69, 9.17) is 9.15 Å². The molecule has 0 spiro atoms. The van der Waals surface area contributed by atoms with Gasteiger partial charge in [0.15, 0.2) is 5.76 Å². The van der Waals surface area contributed by atoms with Gasteiger partial charge in [0, 0.05) is 26.6 Å². The first-order valence-electron chi connectivity index (χ1n) is 8.88. The van der Waals surface area contributed by atoms with E-state index in [2.05, 4.69) is 5.32 Å². The molecule has 2 amide bonds. The van der Waals surface area contributed by atoms with Crippen LogP contribution in [0, 0.1) is 0 Å². The van der Waals surface area contributed by atoms with Crippen LogP contribution in [0.4, 0.5) is 0 Å². The van der Waals surface area contributed by atoms with E-state index in [1.807, 2.05) is 30.3 Å². The number of carbonyl (C=O) groups is 2. The number of ether oxygens (including phenoxy) is 1. The van der Waals surface area contributed by atoms with Crippen LogP contribution in [-0.2, 0) is 16.0 Å². The highest BCUT2D eigenvalue weighted by Gasteiger charge is 2.28. The molecule has 1 aliphatic rings. The molecule has 1 fully saturated rings. The molecule has 0 radical (unpaired) electrons. The second-order valence-corrected chi connectivity index (χ2v) is 6.55. The smallest absolute Gasteiger partial charge is 0.287 e. The van der Waals surface area contributed by atoms with E-state index in [0.29, 0.717) is 13.0 Å². The minimum absolute atomic E-state index is 0.0714. The topological polar surface area (TPSA) is 71.8 Å². The van der Waals surface area contributed by atoms with Gasteiger partial charge in [-0.25, -0.2) is 0 Å². The van der Waals surface area contributed by atoms with E-state index in [1.54, 1.807) is 24.1 Å². The van der Waals surface area contributed by atoms with Crippen LogP contribution in [0.3, 0.4) is 0 Å². The molecule has 6 heteroatoms. The Morgan fingerprint density at radius 2 is 2.04 bits per heavy atom. The van der Waals surface area contributed by atoms with Gasteiger partial charge in [-0.2, -0.15) is 0 Å². The van der Waals surface area contributed by atoms with Gasteiger partial charge >= 0.3 is 0 Å². The summed E-state index contributed by atoms with van der Waals surface area (Å²) >= 11 is 0. The zero-order valence-corrected chi connectivity index (χ0v) is 14.9. The molecule has 1 N–H and O–H groups in total. The van der Waals surface area contributed by atoms with Crippen molar-refractivity contribution in [2.24, 2.45) is 0 Å². The lowest BCUT2D eigenvalue weighted by Gasteiger charge is -2.26. The van der Waals surface area contributed by atoms with Gasteiger partial charge in [-0.3, -0.25) is 9.59 Å². The van der Waals surface area contributed by atoms with Crippen molar-refractivity contribution in [2.45, 2.75) is 31.4 Å². The number of carbonyl (C=O) groups excluding carboxylic acids is 2. The Morgan fingerprint density at radius 3 is 2.69 bits per heavy atom. The normalized spacial score (nSPS) is 17.7. The van der Waals surface area contributed by atoms with Crippen LogP contribution in [0.1, 0.15) is 29.0 Å². The second-order valence-electron chi connectivity index (χ2n) is 6.55. The molecular formula is C20H24N2O4. The van der Waals surface area contributed by atoms with Gasteiger partial charge in [0.05, 0.1) is 12.4 Å². The summed E-state index contributed by atoms with van der Waals surface area (Å²) < 4.78 is 10.8. The summed E-state index contributed by atoms with van der Waals surface area (Å²) in [7, 11) is 1.75. The first kappa shape index (κ1) is 18.2. The van der Waals surface area contributed by atoms with Crippen LogP contribution in [0.15, 0.2) is 53.1 Å². The number of nitrogens with zero attached hydrogens (tertiary/aromatic N) is 1. The van der Waals surface area contributed by atoms with Crippen molar-refractivity contribution in [3.8, 4) is 0 Å². The van der Waals surface area contributed by atoms with Crippen LogP contribution < -0.4 is 5.32 Å². The van der Waals surface area contributed by atoms with Gasteiger partial charge in [-0.1, -0.05) is 30.3 Å². The lowest BCUT2D eigenvalue weighted by atomic mass is 10.0. The summed E-state index contributed by atoms with van der Waals surface area (Å²) in [5, 5.41) is 2.81. The van der Waals surface area contributed by atoms with Crippen LogP contribution >= 0.6 is 0 Å². The molecule has 0 unspecified atom stereocenters. The maximum absolute atomic E-state index is 13.0. The van der Waals surface area contributed by atoms with Gasteiger partial charge in [-0.05, 0) is 30.5 Å². The lowest BCUT2D eigenvalue weighted by Crippen LogP contribution is -2.50. The maximum Gasteiger partial charge on any atom is 0.287 e. The van der Waals surface area contributed by atoms with E-state index in [-0.39, 0.29) is 17.8 Å². The third kappa shape index (κ3) is 4.73. The van der Waals surface area contributed by atoms with Crippen molar-refractivity contribution >= 4 is 11.8 Å². The Hall–Kier alpha value is -2.60. The average Bonchev–Trinajstić information content (AvgIpc) is 3.35. The Morgan fingerprint density at radius 1 is 1.23 bits per heavy atom. The van der Waals surface area contributed by atoms with Crippen molar-refractivity contribution in [1.29, 1.82) is 0 Å². The highest BCUT2D eigenvalue weighted by Crippen LogP contribution is 2.14. The van der Waals surface area contributed by atoms with Crippen LogP contribution in [0.5, 0.6) is 0 Å². The summed E-state index contributed by atoms with van der Waals surface area (Å²) in [4.78, 5) is 27.0. The highest BCUT2D eigenvalue weighted by atomic mass is 16.5. The summed E-state index contributed by atoms with van der Waals surface area (Å²) in [6.07, 6.45) is 3.91. The van der Waals surface area contributed by atoms with Gasteiger partial charge < -0.3 is 19.4 Å². The molecule has 138 valence electrons. The zero-order valence-electron chi connectivity index (χ0n) is 14.9. The van der Waals surface area contributed by atoms with Crippen molar-refractivity contribution < 1.29 is 18.7 Å². The molecule has 1 aliphatic heterocycles. The Bertz CT molecular complexity index is 709. The van der Waals surface area contributed by atoms with Gasteiger partial charge in [-0.15, -0.1) is 0 Å². The highest BCUT2D eigenvalue weighted by molar-refractivity contribution is 5.95. The zero-order chi connectivity index (χ0) is 18.4. The van der Waals surface area contributed by atoms with Crippen molar-refractivity contribution in [1.82, 2.24) is 10.2 Å². The van der Waals surface area contributed by atoms with E-state index < -0.39 is 11.9 Å². The number of nitrogens with one attached hydrogen (secondary N) is 1. The van der Waals surface area contributed by atoms with Crippen LogP contribution in [0.2, 0.25) is 0 Å². The number of benzene rings is 1. The number of likely N-dealkylation sites (N-methyl/N-ethyl adjacent to an activating group) is 1. The van der Waals surface area contributed by atoms with E-state index in [1.165, 1.54) is 6.26 Å². The molecule has 0 aliphatic carbocycles. The van der Waals surface area contributed by atoms with Crippen molar-refractivity contribution in [3.05, 3.63) is 60.1 Å². The summed E-state index contributed by atoms with van der Waals surface area (Å²) in [5.41, 5.74) is 0.983. The molecule has 3 rings (SSSR count). The first-order chi connectivity index (χ1) is 12.6. The Balaban J connectivity index is 1.70. The van der Waals surface area contributed by atoms with Crippen LogP contribution in [0.25, 0.3) is 0 Å². The third-order valence-corrected chi connectivity index (χ3v) is 4.51. The first-order valence-corrected chi connectivity index (χ1v) is 8.88. The molecule has 1 saturated heterocycles. The summed E-state index contributed by atoms with van der Waals surface area (Å²) in [6, 6.07) is 12.2. The number of hydrogen-bond donors (Lipinski definition) is 1. The molecule has 0 saturated carbocycles. The Kier molecular flexibility index (Phi) is 6.07. The monoisotopic (exact) mass is 356 g/mol. The predicted molar refractivity (Wildman–Crippen MR) is 96.7 cm³/mol. The minimum Gasteiger partial charge on any atom is -0.459 e. The third-order valence-electron chi connectivity index (χ3n) is 4.51. The molecule has 2 heterocycles. The van der Waals surface area contributed by atoms with Crippen LogP contribution in [-0.4, -0.2) is 49.1 Å². The number of furan rings is 1. The average molecular weight is 356 g/mol. The molecule has 0 bridgehead atoms. The van der Waals surface area contributed by atoms with Crippen molar-refractivity contribution in [2.75, 3.05) is 20.2 Å². The number of rotatable bonds is 7. The predicted octanol–water partition coefficient (Wildman–Crippen LogP) is 2.26. The lowest BCUT2D eigenvalue weighted by molar-refractivity contribution is -0.133. The quantitative estimate of drug-likeness (QED) is 0.826. The largest absolute Gasteiger partial charge is 0.459 e. The van der Waals surface area contributed by atoms with Gasteiger partial charge in [0.2, 0.25) is 5.91 Å². The summed E-state index contributed by atoms with van der Waals surface area (Å²) in [5.74, 6) is -0.336. The Labute approximate surface area is 153 Å². The standard InChI is InChI=1S/C20H24N2O4/c1-22(14-16-9-5-11-25-16)20(24)17(13-15-7-3-2-4-8-15)21-19(23)18-10-6-12-26-18/h2-4,6-8,10,12,16-17H,5,9,11,13-14H2,1H3,(H,21,23)/t16-,17+/m0/s1. The van der Waals surface area contributed by atoms with Gasteiger partial charge in [0.1, 0.15) is 6.04 Å². The number of hydrogen-bond acceptors (Lipinski definition) is 4. The fraction of sp³-hybridized carbons (Fsp3) is 0.400. The molecule has 6 nitrogen and oxygen atoms in total. The van der Waals surface area contributed by atoms with Crippen molar-refractivity contribution in [3.63, 3.8) is 0 Å². The molecule has 26 heavy (non-hydrogen) atoms. The van der Waals surface area contributed by atoms with Gasteiger partial charge in [0.25, 0.3) is 5.91 Å². The van der Waals surface area contributed by atoms with E-state index >= 15 is 0 Å². The fourth-order valence-corrected chi connectivity index (χ4v) is 3.14.